The van der Waals surface area contributed by atoms with Gasteiger partial charge in [-0.1, -0.05) is 11.6 Å². The van der Waals surface area contributed by atoms with Gasteiger partial charge in [-0.05, 0) is 18.2 Å². The molecule has 2 aromatic rings. The van der Waals surface area contributed by atoms with Crippen molar-refractivity contribution >= 4 is 23.2 Å². The maximum Gasteiger partial charge on any atom is 0.387 e. The van der Waals surface area contributed by atoms with Crippen LogP contribution < -0.4 is 10.1 Å². The minimum Gasteiger partial charge on any atom is -0.433 e. The van der Waals surface area contributed by atoms with E-state index in [0.29, 0.717) is 0 Å². The lowest BCUT2D eigenvalue weighted by molar-refractivity contribution is -0.0493. The van der Waals surface area contributed by atoms with E-state index in [1.807, 2.05) is 0 Å². The molecule has 0 spiro atoms. The van der Waals surface area contributed by atoms with Crippen LogP contribution in [0.15, 0.2) is 30.5 Å². The first-order chi connectivity index (χ1) is 9.47. The van der Waals surface area contributed by atoms with Crippen molar-refractivity contribution < 1.29 is 18.3 Å². The number of carbonyl (C=O) groups is 1. The highest BCUT2D eigenvalue weighted by molar-refractivity contribution is 6.30. The van der Waals surface area contributed by atoms with Crippen molar-refractivity contribution in [2.45, 2.75) is 6.61 Å². The Morgan fingerprint density at radius 3 is 2.80 bits per heavy atom. The zero-order valence-electron chi connectivity index (χ0n) is 10.3. The molecular formula is C12H10ClF2N3O2. The fraction of sp³-hybridized carbons (Fsp3) is 0.167. The Hall–Kier alpha value is -2.15. The van der Waals surface area contributed by atoms with Crippen molar-refractivity contribution in [2.75, 3.05) is 5.32 Å². The second-order valence-electron chi connectivity index (χ2n) is 3.81. The highest BCUT2D eigenvalue weighted by Gasteiger charge is 2.15. The summed E-state index contributed by atoms with van der Waals surface area (Å²) < 4.78 is 30.3. The molecule has 0 aliphatic heterocycles. The van der Waals surface area contributed by atoms with Gasteiger partial charge in [0.05, 0.1) is 5.69 Å². The molecule has 2 rings (SSSR count). The highest BCUT2D eigenvalue weighted by atomic mass is 35.5. The third-order valence-corrected chi connectivity index (χ3v) is 2.70. The summed E-state index contributed by atoms with van der Waals surface area (Å²) >= 11 is 5.71. The number of ether oxygens (including phenoxy) is 1. The largest absolute Gasteiger partial charge is 0.433 e. The summed E-state index contributed by atoms with van der Waals surface area (Å²) in [7, 11) is 1.59. The molecule has 1 aromatic carbocycles. The molecule has 8 heteroatoms. The Labute approximate surface area is 118 Å². The molecule has 0 saturated carbocycles. The Morgan fingerprint density at radius 2 is 2.20 bits per heavy atom. The molecule has 0 aliphatic carbocycles. The fourth-order valence-corrected chi connectivity index (χ4v) is 1.74. The Morgan fingerprint density at radius 1 is 1.45 bits per heavy atom. The van der Waals surface area contributed by atoms with Crippen LogP contribution in [0.5, 0.6) is 5.75 Å². The average molecular weight is 302 g/mol. The van der Waals surface area contributed by atoms with E-state index < -0.39 is 12.5 Å². The van der Waals surface area contributed by atoms with Gasteiger partial charge in [0.2, 0.25) is 0 Å². The van der Waals surface area contributed by atoms with Crippen LogP contribution in [0.2, 0.25) is 5.02 Å². The van der Waals surface area contributed by atoms with Gasteiger partial charge in [0.25, 0.3) is 5.91 Å². The molecule has 0 aliphatic rings. The maximum absolute atomic E-state index is 12.3. The molecule has 0 unspecified atom stereocenters. The minimum atomic E-state index is -3.01. The lowest BCUT2D eigenvalue weighted by atomic mass is 10.2. The molecular weight excluding hydrogens is 292 g/mol. The predicted octanol–water partition coefficient (Wildman–Crippen LogP) is 2.93. The predicted molar refractivity (Wildman–Crippen MR) is 69.2 cm³/mol. The molecule has 0 saturated heterocycles. The SMILES string of the molecule is Cn1nccc1C(=O)Nc1ccc(Cl)cc1OC(F)F. The molecule has 20 heavy (non-hydrogen) atoms. The van der Waals surface area contributed by atoms with Crippen LogP contribution in [0, 0.1) is 0 Å². The van der Waals surface area contributed by atoms with Crippen LogP contribution in [0.1, 0.15) is 10.5 Å². The topological polar surface area (TPSA) is 56.2 Å². The highest BCUT2D eigenvalue weighted by Crippen LogP contribution is 2.29. The second-order valence-corrected chi connectivity index (χ2v) is 4.25. The molecule has 5 nitrogen and oxygen atoms in total. The third-order valence-electron chi connectivity index (χ3n) is 2.46. The van der Waals surface area contributed by atoms with E-state index in [1.54, 1.807) is 7.05 Å². The van der Waals surface area contributed by atoms with E-state index in [-0.39, 0.29) is 22.2 Å². The van der Waals surface area contributed by atoms with Gasteiger partial charge in [-0.2, -0.15) is 13.9 Å². The number of carbonyl (C=O) groups excluding carboxylic acids is 1. The molecule has 0 bridgehead atoms. The van der Waals surface area contributed by atoms with Gasteiger partial charge in [-0.3, -0.25) is 9.48 Å². The summed E-state index contributed by atoms with van der Waals surface area (Å²) in [6.07, 6.45) is 1.45. The number of rotatable bonds is 4. The smallest absolute Gasteiger partial charge is 0.387 e. The van der Waals surface area contributed by atoms with Gasteiger partial charge in [0.15, 0.2) is 5.75 Å². The van der Waals surface area contributed by atoms with E-state index in [9.17, 15) is 13.6 Å². The number of anilines is 1. The number of halogens is 3. The molecule has 0 fully saturated rings. The van der Waals surface area contributed by atoms with Gasteiger partial charge in [0, 0.05) is 24.3 Å². The molecule has 1 N–H and O–H groups in total. The van der Waals surface area contributed by atoms with Crippen LogP contribution >= 0.6 is 11.6 Å². The number of nitrogens with zero attached hydrogens (tertiary/aromatic N) is 2. The summed E-state index contributed by atoms with van der Waals surface area (Å²) in [5.41, 5.74) is 0.379. The van der Waals surface area contributed by atoms with Crippen molar-refractivity contribution in [3.8, 4) is 5.75 Å². The van der Waals surface area contributed by atoms with Crippen LogP contribution in [-0.2, 0) is 7.05 Å². The van der Waals surface area contributed by atoms with E-state index in [2.05, 4.69) is 15.2 Å². The van der Waals surface area contributed by atoms with Gasteiger partial charge >= 0.3 is 6.61 Å². The first kappa shape index (κ1) is 14.3. The lowest BCUT2D eigenvalue weighted by Crippen LogP contribution is -2.17. The summed E-state index contributed by atoms with van der Waals surface area (Å²) in [5, 5.41) is 6.54. The van der Waals surface area contributed by atoms with Crippen molar-refractivity contribution in [1.82, 2.24) is 9.78 Å². The number of nitrogens with one attached hydrogen (secondary N) is 1. The van der Waals surface area contributed by atoms with Crippen molar-refractivity contribution in [1.29, 1.82) is 0 Å². The number of alkyl halides is 2. The van der Waals surface area contributed by atoms with Gasteiger partial charge < -0.3 is 10.1 Å². The maximum atomic E-state index is 12.3. The number of aryl methyl sites for hydroxylation is 1. The third kappa shape index (κ3) is 3.24. The summed E-state index contributed by atoms with van der Waals surface area (Å²) in [4.78, 5) is 12.0. The Balaban J connectivity index is 2.25. The molecule has 106 valence electrons. The molecule has 1 aromatic heterocycles. The summed E-state index contributed by atoms with van der Waals surface area (Å²) in [5.74, 6) is -0.700. The zero-order valence-corrected chi connectivity index (χ0v) is 11.1. The second kappa shape index (κ2) is 5.87. The van der Waals surface area contributed by atoms with Crippen LogP contribution in [0.25, 0.3) is 0 Å². The number of hydrogen-bond donors (Lipinski definition) is 1. The van der Waals surface area contributed by atoms with Gasteiger partial charge in [-0.15, -0.1) is 0 Å². The number of amides is 1. The summed E-state index contributed by atoms with van der Waals surface area (Å²) in [6.45, 7) is -3.01. The molecule has 0 radical (unpaired) electrons. The van der Waals surface area contributed by atoms with Crippen molar-refractivity contribution in [3.05, 3.63) is 41.2 Å². The molecule has 1 amide bonds. The van der Waals surface area contributed by atoms with Crippen LogP contribution in [-0.4, -0.2) is 22.3 Å². The van der Waals surface area contributed by atoms with E-state index in [0.717, 1.165) is 0 Å². The van der Waals surface area contributed by atoms with Crippen molar-refractivity contribution in [2.24, 2.45) is 7.05 Å². The van der Waals surface area contributed by atoms with Crippen LogP contribution in [0.4, 0.5) is 14.5 Å². The Kier molecular flexibility index (Phi) is 4.19. The number of benzene rings is 1. The van der Waals surface area contributed by atoms with Gasteiger partial charge in [0.1, 0.15) is 5.69 Å². The monoisotopic (exact) mass is 301 g/mol. The van der Waals surface area contributed by atoms with Gasteiger partial charge in [-0.25, -0.2) is 0 Å². The van der Waals surface area contributed by atoms with E-state index >= 15 is 0 Å². The Bertz CT molecular complexity index is 631. The fourth-order valence-electron chi connectivity index (χ4n) is 1.58. The molecule has 0 atom stereocenters. The first-order valence-electron chi connectivity index (χ1n) is 5.51. The normalized spacial score (nSPS) is 10.7. The molecule has 1 heterocycles. The quantitative estimate of drug-likeness (QED) is 0.944. The average Bonchev–Trinajstić information content (AvgIpc) is 2.78. The van der Waals surface area contributed by atoms with E-state index in [1.165, 1.54) is 35.1 Å². The lowest BCUT2D eigenvalue weighted by Gasteiger charge is -2.12. The number of hydrogen-bond acceptors (Lipinski definition) is 3. The summed E-state index contributed by atoms with van der Waals surface area (Å²) in [6, 6.07) is 5.54. The zero-order chi connectivity index (χ0) is 14.7. The first-order valence-corrected chi connectivity index (χ1v) is 5.89. The van der Waals surface area contributed by atoms with Crippen LogP contribution in [0.3, 0.4) is 0 Å². The van der Waals surface area contributed by atoms with Crippen molar-refractivity contribution in [3.63, 3.8) is 0 Å². The minimum absolute atomic E-state index is 0.0981. The number of aromatic nitrogens is 2. The standard InChI is InChI=1S/C12H10ClF2N3O2/c1-18-9(4-5-16-18)11(19)17-8-3-2-7(13)6-10(8)20-12(14)15/h2-6,12H,1H3,(H,17,19). The van der Waals surface area contributed by atoms with E-state index in [4.69, 9.17) is 11.6 Å².